The summed E-state index contributed by atoms with van der Waals surface area (Å²) in [6.45, 7) is 2.30. The zero-order valence-corrected chi connectivity index (χ0v) is 17.7. The van der Waals surface area contributed by atoms with E-state index in [1.807, 2.05) is 0 Å². The highest BCUT2D eigenvalue weighted by Gasteiger charge is 2.27. The van der Waals surface area contributed by atoms with Crippen LogP contribution < -0.4 is 14.8 Å². The molecule has 2 aromatic carbocycles. The van der Waals surface area contributed by atoms with Crippen LogP contribution in [0, 0.1) is 0 Å². The predicted molar refractivity (Wildman–Crippen MR) is 111 cm³/mol. The fourth-order valence-electron chi connectivity index (χ4n) is 3.21. The van der Waals surface area contributed by atoms with E-state index in [1.54, 1.807) is 18.2 Å². The summed E-state index contributed by atoms with van der Waals surface area (Å²) in [5, 5.41) is 2.90. The molecule has 0 aliphatic carbocycles. The second kappa shape index (κ2) is 8.81. The molecule has 4 rings (SSSR count). The van der Waals surface area contributed by atoms with Gasteiger partial charge >= 0.3 is 0 Å². The Balaban J connectivity index is 1.57. The molecule has 0 atom stereocenters. The van der Waals surface area contributed by atoms with Crippen LogP contribution in [0.15, 0.2) is 41.3 Å². The van der Waals surface area contributed by atoms with E-state index in [1.165, 1.54) is 22.5 Å². The van der Waals surface area contributed by atoms with Crippen molar-refractivity contribution >= 4 is 33.2 Å². The minimum Gasteiger partial charge on any atom is -0.490 e. The van der Waals surface area contributed by atoms with Crippen molar-refractivity contribution in [3.05, 3.63) is 47.0 Å². The summed E-state index contributed by atoms with van der Waals surface area (Å²) in [4.78, 5) is 12.8. The van der Waals surface area contributed by atoms with Crippen molar-refractivity contribution in [2.24, 2.45) is 0 Å². The molecule has 1 amide bonds. The average molecular weight is 453 g/mol. The summed E-state index contributed by atoms with van der Waals surface area (Å²) in [5.41, 5.74) is 0.555. The number of hydrogen-bond donors (Lipinski definition) is 1. The fraction of sp³-hybridized carbons (Fsp3) is 0.350. The molecule has 30 heavy (non-hydrogen) atoms. The Morgan fingerprint density at radius 2 is 1.70 bits per heavy atom. The minimum absolute atomic E-state index is 0.0117. The number of hydrogen-bond acceptors (Lipinski definition) is 6. The lowest BCUT2D eigenvalue weighted by Gasteiger charge is -2.26. The number of rotatable bonds is 4. The van der Waals surface area contributed by atoms with Gasteiger partial charge in [-0.05, 0) is 30.3 Å². The quantitative estimate of drug-likeness (QED) is 0.766. The Morgan fingerprint density at radius 3 is 2.47 bits per heavy atom. The molecule has 0 unspecified atom stereocenters. The van der Waals surface area contributed by atoms with E-state index < -0.39 is 15.9 Å². The Labute approximate surface area is 179 Å². The van der Waals surface area contributed by atoms with Gasteiger partial charge < -0.3 is 19.5 Å². The van der Waals surface area contributed by atoms with Crippen LogP contribution in [-0.4, -0.2) is 58.1 Å². The number of fused-ring (bicyclic) bond motifs is 1. The van der Waals surface area contributed by atoms with Crippen molar-refractivity contribution in [1.29, 1.82) is 0 Å². The summed E-state index contributed by atoms with van der Waals surface area (Å²) in [7, 11) is -3.75. The third-order valence-electron chi connectivity index (χ3n) is 4.80. The van der Waals surface area contributed by atoms with Gasteiger partial charge in [0.15, 0.2) is 11.5 Å². The number of anilines is 1. The lowest BCUT2D eigenvalue weighted by Crippen LogP contribution is -2.40. The number of ether oxygens (including phenoxy) is 3. The van der Waals surface area contributed by atoms with Crippen LogP contribution in [0.3, 0.4) is 0 Å². The topological polar surface area (TPSA) is 94.2 Å². The third-order valence-corrected chi connectivity index (χ3v) is 7.02. The van der Waals surface area contributed by atoms with Gasteiger partial charge in [0, 0.05) is 31.3 Å². The van der Waals surface area contributed by atoms with E-state index in [-0.39, 0.29) is 28.6 Å². The number of nitrogens with one attached hydrogen (secondary N) is 1. The summed E-state index contributed by atoms with van der Waals surface area (Å²) in [6.07, 6.45) is 0.774. The smallest absolute Gasteiger partial charge is 0.257 e. The average Bonchev–Trinajstić information content (AvgIpc) is 2.99. The number of nitrogens with zero attached hydrogens (tertiary/aromatic N) is 1. The molecular formula is C20H21ClN2O6S. The Kier molecular flexibility index (Phi) is 6.14. The standard InChI is InChI=1S/C20H21ClN2O6S/c21-17-4-3-15(30(25,26)23-6-10-27-11-7-23)13-16(17)20(24)22-14-2-5-18-19(12-14)29-9-1-8-28-18/h2-5,12-13H,1,6-11H2,(H,22,24). The molecule has 1 N–H and O–H groups in total. The van der Waals surface area contributed by atoms with Gasteiger partial charge in [0.1, 0.15) is 0 Å². The number of benzene rings is 2. The maximum Gasteiger partial charge on any atom is 0.257 e. The van der Waals surface area contributed by atoms with Gasteiger partial charge in [-0.2, -0.15) is 4.31 Å². The first-order valence-electron chi connectivity index (χ1n) is 9.53. The van der Waals surface area contributed by atoms with Crippen LogP contribution in [0.25, 0.3) is 0 Å². The Hall–Kier alpha value is -2.33. The molecule has 2 heterocycles. The van der Waals surface area contributed by atoms with Gasteiger partial charge in [0.05, 0.1) is 41.9 Å². The molecule has 2 aromatic rings. The molecule has 160 valence electrons. The lowest BCUT2D eigenvalue weighted by molar-refractivity contribution is 0.0730. The number of carbonyl (C=O) groups is 1. The van der Waals surface area contributed by atoms with Crippen LogP contribution in [0.5, 0.6) is 11.5 Å². The number of carbonyl (C=O) groups excluding carboxylic acids is 1. The van der Waals surface area contributed by atoms with Gasteiger partial charge in [-0.3, -0.25) is 4.79 Å². The molecular weight excluding hydrogens is 432 g/mol. The molecule has 10 heteroatoms. The largest absolute Gasteiger partial charge is 0.490 e. The van der Waals surface area contributed by atoms with Crippen LogP contribution >= 0.6 is 11.6 Å². The molecule has 0 spiro atoms. The molecule has 1 fully saturated rings. The fourth-order valence-corrected chi connectivity index (χ4v) is 4.85. The first kappa shape index (κ1) is 20.9. The molecule has 2 aliphatic heterocycles. The SMILES string of the molecule is O=C(Nc1ccc2c(c1)OCCCO2)c1cc(S(=O)(=O)N2CCOCC2)ccc1Cl. The van der Waals surface area contributed by atoms with E-state index in [0.717, 1.165) is 6.42 Å². The molecule has 1 saturated heterocycles. The Morgan fingerprint density at radius 1 is 0.967 bits per heavy atom. The maximum atomic E-state index is 12.9. The molecule has 2 aliphatic rings. The minimum atomic E-state index is -3.75. The van der Waals surface area contributed by atoms with Crippen LogP contribution in [0.2, 0.25) is 5.02 Å². The Bertz CT molecular complexity index is 1050. The summed E-state index contributed by atoms with van der Waals surface area (Å²) < 4.78 is 43.6. The highest BCUT2D eigenvalue weighted by Crippen LogP contribution is 2.33. The molecule has 0 radical (unpaired) electrons. The van der Waals surface area contributed by atoms with Gasteiger partial charge in [0.2, 0.25) is 10.0 Å². The van der Waals surface area contributed by atoms with E-state index in [9.17, 15) is 13.2 Å². The lowest BCUT2D eigenvalue weighted by atomic mass is 10.2. The normalized spacial score (nSPS) is 17.2. The zero-order valence-electron chi connectivity index (χ0n) is 16.1. The second-order valence-corrected chi connectivity index (χ2v) is 9.17. The highest BCUT2D eigenvalue weighted by molar-refractivity contribution is 7.89. The number of halogens is 1. The number of sulfonamides is 1. The van der Waals surface area contributed by atoms with Crippen molar-refractivity contribution in [2.45, 2.75) is 11.3 Å². The van der Waals surface area contributed by atoms with E-state index in [0.29, 0.717) is 43.6 Å². The summed E-state index contributed by atoms with van der Waals surface area (Å²) in [6, 6.07) is 9.19. The van der Waals surface area contributed by atoms with Crippen LogP contribution in [0.4, 0.5) is 5.69 Å². The van der Waals surface area contributed by atoms with Crippen LogP contribution in [0.1, 0.15) is 16.8 Å². The van der Waals surface area contributed by atoms with Gasteiger partial charge in [-0.1, -0.05) is 11.6 Å². The monoisotopic (exact) mass is 452 g/mol. The van der Waals surface area contributed by atoms with E-state index in [2.05, 4.69) is 5.32 Å². The van der Waals surface area contributed by atoms with Gasteiger partial charge in [0.25, 0.3) is 5.91 Å². The first-order valence-corrected chi connectivity index (χ1v) is 11.4. The first-order chi connectivity index (χ1) is 14.4. The van der Waals surface area contributed by atoms with E-state index in [4.69, 9.17) is 25.8 Å². The summed E-state index contributed by atoms with van der Waals surface area (Å²) in [5.74, 6) is 0.635. The van der Waals surface area contributed by atoms with Gasteiger partial charge in [-0.25, -0.2) is 8.42 Å². The third kappa shape index (κ3) is 4.39. The number of amides is 1. The van der Waals surface area contributed by atoms with Gasteiger partial charge in [-0.15, -0.1) is 0 Å². The van der Waals surface area contributed by atoms with Crippen molar-refractivity contribution in [3.63, 3.8) is 0 Å². The zero-order chi connectivity index (χ0) is 21.1. The van der Waals surface area contributed by atoms with Crippen molar-refractivity contribution < 1.29 is 27.4 Å². The van der Waals surface area contributed by atoms with Crippen molar-refractivity contribution in [3.8, 4) is 11.5 Å². The molecule has 0 bridgehead atoms. The molecule has 0 aromatic heterocycles. The predicted octanol–water partition coefficient (Wildman–Crippen LogP) is 2.77. The highest BCUT2D eigenvalue weighted by atomic mass is 35.5. The maximum absolute atomic E-state index is 12.9. The summed E-state index contributed by atoms with van der Waals surface area (Å²) >= 11 is 6.20. The van der Waals surface area contributed by atoms with Crippen LogP contribution in [-0.2, 0) is 14.8 Å². The second-order valence-electron chi connectivity index (χ2n) is 6.82. The molecule has 0 saturated carbocycles. The van der Waals surface area contributed by atoms with E-state index >= 15 is 0 Å². The molecule has 8 nitrogen and oxygen atoms in total. The van der Waals surface area contributed by atoms with Crippen molar-refractivity contribution in [2.75, 3.05) is 44.8 Å². The van der Waals surface area contributed by atoms with Crippen molar-refractivity contribution in [1.82, 2.24) is 4.31 Å². The number of morpholine rings is 1.